The summed E-state index contributed by atoms with van der Waals surface area (Å²) in [4.78, 5) is 0. The van der Waals surface area contributed by atoms with Crippen LogP contribution in [0, 0.1) is 6.92 Å². The fourth-order valence-corrected chi connectivity index (χ4v) is 2.58. The number of hydrogen-bond donors (Lipinski definition) is 0. The smallest absolute Gasteiger partial charge is 0.0132 e. The maximum Gasteiger partial charge on any atom is -0.0132 e. The Bertz CT molecular complexity index is 758. The highest BCUT2D eigenvalue weighted by atomic mass is 14.2. The Hall–Kier alpha value is -1.82. The minimum atomic E-state index is 0.204. The van der Waals surface area contributed by atoms with E-state index < -0.39 is 0 Å². The minimum absolute atomic E-state index is 0.204. The Kier molecular flexibility index (Phi) is 2.63. The highest BCUT2D eigenvalue weighted by Gasteiger charge is 2.13. The van der Waals surface area contributed by atoms with Crippen LogP contribution in [0.25, 0.3) is 21.5 Å². The molecule has 0 spiro atoms. The maximum atomic E-state index is 2.33. The Labute approximate surface area is 115 Å². The van der Waals surface area contributed by atoms with Crippen LogP contribution in [-0.4, -0.2) is 0 Å². The van der Waals surface area contributed by atoms with E-state index in [0.717, 1.165) is 0 Å². The standard InChI is InChI=1S/C19H20/c1-13-5-6-14-10-15-7-8-18(19(2,3)4)12-17(15)11-16(14)9-13/h5-12H,1-4H3. The second kappa shape index (κ2) is 4.09. The molecule has 0 amide bonds. The lowest BCUT2D eigenvalue weighted by molar-refractivity contribution is 0.591. The third kappa shape index (κ3) is 2.23. The predicted molar refractivity (Wildman–Crippen MR) is 84.9 cm³/mol. The molecule has 0 aliphatic heterocycles. The second-order valence-electron chi connectivity index (χ2n) is 6.51. The van der Waals surface area contributed by atoms with Crippen LogP contribution >= 0.6 is 0 Å². The Morgan fingerprint density at radius 2 is 1.21 bits per heavy atom. The summed E-state index contributed by atoms with van der Waals surface area (Å²) in [5, 5.41) is 5.31. The molecule has 0 bridgehead atoms. The van der Waals surface area contributed by atoms with Gasteiger partial charge in [0.25, 0.3) is 0 Å². The molecule has 0 saturated carbocycles. The third-order valence-corrected chi connectivity index (χ3v) is 3.82. The molecule has 3 aromatic carbocycles. The van der Waals surface area contributed by atoms with Crippen LogP contribution in [0.3, 0.4) is 0 Å². The van der Waals surface area contributed by atoms with E-state index in [1.807, 2.05) is 0 Å². The Morgan fingerprint density at radius 3 is 1.89 bits per heavy atom. The molecular weight excluding hydrogens is 228 g/mol. The van der Waals surface area contributed by atoms with E-state index in [0.29, 0.717) is 0 Å². The van der Waals surface area contributed by atoms with Crippen LogP contribution in [0.4, 0.5) is 0 Å². The molecule has 3 rings (SSSR count). The molecule has 0 heterocycles. The van der Waals surface area contributed by atoms with Gasteiger partial charge < -0.3 is 0 Å². The van der Waals surface area contributed by atoms with E-state index in [1.165, 1.54) is 32.7 Å². The summed E-state index contributed by atoms with van der Waals surface area (Å²) in [6, 6.07) is 18.1. The van der Waals surface area contributed by atoms with Crippen LogP contribution in [0.15, 0.2) is 48.5 Å². The number of fused-ring (bicyclic) bond motifs is 2. The van der Waals surface area contributed by atoms with Gasteiger partial charge in [-0.05, 0) is 51.6 Å². The molecule has 3 aromatic rings. The highest BCUT2D eigenvalue weighted by Crippen LogP contribution is 2.29. The van der Waals surface area contributed by atoms with Crippen molar-refractivity contribution in [3.63, 3.8) is 0 Å². The molecule has 0 heteroatoms. The quantitative estimate of drug-likeness (QED) is 0.454. The normalized spacial score (nSPS) is 12.2. The minimum Gasteiger partial charge on any atom is -0.0587 e. The summed E-state index contributed by atoms with van der Waals surface area (Å²) < 4.78 is 0. The van der Waals surface area contributed by atoms with Gasteiger partial charge in [0.2, 0.25) is 0 Å². The van der Waals surface area contributed by atoms with Crippen LogP contribution < -0.4 is 0 Å². The molecular formula is C19H20. The van der Waals surface area contributed by atoms with Crippen LogP contribution in [0.2, 0.25) is 0 Å². The highest BCUT2D eigenvalue weighted by molar-refractivity contribution is 5.98. The number of hydrogen-bond acceptors (Lipinski definition) is 0. The number of benzene rings is 3. The van der Waals surface area contributed by atoms with Crippen molar-refractivity contribution >= 4 is 21.5 Å². The average molecular weight is 248 g/mol. The van der Waals surface area contributed by atoms with Crippen molar-refractivity contribution in [2.24, 2.45) is 0 Å². The van der Waals surface area contributed by atoms with Gasteiger partial charge in [-0.1, -0.05) is 62.7 Å². The molecule has 0 unspecified atom stereocenters. The summed E-state index contributed by atoms with van der Waals surface area (Å²) in [5.74, 6) is 0. The molecule has 96 valence electrons. The van der Waals surface area contributed by atoms with Gasteiger partial charge in [0.05, 0.1) is 0 Å². The molecule has 0 aromatic heterocycles. The largest absolute Gasteiger partial charge is 0.0587 e. The molecule has 0 N–H and O–H groups in total. The lowest BCUT2D eigenvalue weighted by Gasteiger charge is -2.19. The van der Waals surface area contributed by atoms with Crippen molar-refractivity contribution in [3.8, 4) is 0 Å². The molecule has 0 radical (unpaired) electrons. The molecule has 19 heavy (non-hydrogen) atoms. The third-order valence-electron chi connectivity index (χ3n) is 3.82. The Morgan fingerprint density at radius 1 is 0.632 bits per heavy atom. The first kappa shape index (κ1) is 12.2. The average Bonchev–Trinajstić information content (AvgIpc) is 2.34. The van der Waals surface area contributed by atoms with Crippen LogP contribution in [0.5, 0.6) is 0 Å². The first-order chi connectivity index (χ1) is 8.93. The molecule has 0 aliphatic rings. The maximum absolute atomic E-state index is 2.33. The summed E-state index contributed by atoms with van der Waals surface area (Å²) in [6.45, 7) is 8.94. The number of rotatable bonds is 0. The van der Waals surface area contributed by atoms with E-state index in [-0.39, 0.29) is 5.41 Å². The summed E-state index contributed by atoms with van der Waals surface area (Å²) in [7, 11) is 0. The zero-order chi connectivity index (χ0) is 13.6. The fraction of sp³-hybridized carbons (Fsp3) is 0.263. The summed E-state index contributed by atoms with van der Waals surface area (Å²) in [6.07, 6.45) is 0. The van der Waals surface area contributed by atoms with Crippen molar-refractivity contribution in [2.45, 2.75) is 33.1 Å². The monoisotopic (exact) mass is 248 g/mol. The van der Waals surface area contributed by atoms with Crippen LogP contribution in [0.1, 0.15) is 31.9 Å². The van der Waals surface area contributed by atoms with E-state index >= 15 is 0 Å². The van der Waals surface area contributed by atoms with Crippen molar-refractivity contribution in [3.05, 3.63) is 59.7 Å². The van der Waals surface area contributed by atoms with E-state index in [4.69, 9.17) is 0 Å². The van der Waals surface area contributed by atoms with Gasteiger partial charge in [-0.3, -0.25) is 0 Å². The molecule has 0 fully saturated rings. The Balaban J connectivity index is 2.30. The van der Waals surface area contributed by atoms with Crippen LogP contribution in [-0.2, 0) is 5.41 Å². The van der Waals surface area contributed by atoms with Crippen molar-refractivity contribution in [1.29, 1.82) is 0 Å². The van der Waals surface area contributed by atoms with Crippen molar-refractivity contribution in [2.75, 3.05) is 0 Å². The van der Waals surface area contributed by atoms with E-state index in [2.05, 4.69) is 76.2 Å². The van der Waals surface area contributed by atoms with Gasteiger partial charge >= 0.3 is 0 Å². The van der Waals surface area contributed by atoms with Gasteiger partial charge in [0.15, 0.2) is 0 Å². The lowest BCUT2D eigenvalue weighted by Crippen LogP contribution is -2.10. The predicted octanol–water partition coefficient (Wildman–Crippen LogP) is 5.60. The van der Waals surface area contributed by atoms with Gasteiger partial charge in [0, 0.05) is 0 Å². The second-order valence-corrected chi connectivity index (χ2v) is 6.51. The topological polar surface area (TPSA) is 0 Å². The zero-order valence-corrected chi connectivity index (χ0v) is 12.1. The fourth-order valence-electron chi connectivity index (χ4n) is 2.58. The number of aryl methyl sites for hydroxylation is 1. The molecule has 0 saturated heterocycles. The van der Waals surface area contributed by atoms with E-state index in [9.17, 15) is 0 Å². The van der Waals surface area contributed by atoms with Crippen molar-refractivity contribution < 1.29 is 0 Å². The van der Waals surface area contributed by atoms with Crippen molar-refractivity contribution in [1.82, 2.24) is 0 Å². The summed E-state index contributed by atoms with van der Waals surface area (Å²) in [5.41, 5.74) is 2.92. The first-order valence-corrected chi connectivity index (χ1v) is 6.88. The van der Waals surface area contributed by atoms with Gasteiger partial charge in [-0.25, -0.2) is 0 Å². The first-order valence-electron chi connectivity index (χ1n) is 6.88. The van der Waals surface area contributed by atoms with E-state index in [1.54, 1.807) is 0 Å². The van der Waals surface area contributed by atoms with Gasteiger partial charge in [-0.15, -0.1) is 0 Å². The molecule has 0 aliphatic carbocycles. The summed E-state index contributed by atoms with van der Waals surface area (Å²) >= 11 is 0. The molecule has 0 nitrogen and oxygen atoms in total. The zero-order valence-electron chi connectivity index (χ0n) is 12.1. The SMILES string of the molecule is Cc1ccc2cc3ccc(C(C)(C)C)cc3cc2c1. The molecule has 0 atom stereocenters. The lowest BCUT2D eigenvalue weighted by atomic mass is 9.85. The van der Waals surface area contributed by atoms with Gasteiger partial charge in [0.1, 0.15) is 0 Å². The van der Waals surface area contributed by atoms with Gasteiger partial charge in [-0.2, -0.15) is 0 Å².